The molecule has 21 heavy (non-hydrogen) atoms. The van der Waals surface area contributed by atoms with E-state index in [2.05, 4.69) is 17.3 Å². The zero-order valence-corrected chi connectivity index (χ0v) is 12.7. The lowest BCUT2D eigenvalue weighted by molar-refractivity contribution is -0.123. The van der Waals surface area contributed by atoms with E-state index in [-0.39, 0.29) is 11.8 Å². The van der Waals surface area contributed by atoms with Gasteiger partial charge in [0.15, 0.2) is 0 Å². The lowest BCUT2D eigenvalue weighted by Crippen LogP contribution is -2.50. The summed E-state index contributed by atoms with van der Waals surface area (Å²) in [7, 11) is 2.22. The molecule has 0 radical (unpaired) electrons. The van der Waals surface area contributed by atoms with Crippen LogP contribution in [-0.4, -0.2) is 42.5 Å². The number of carbonyl (C=O) groups excluding carboxylic acids is 1. The third-order valence-corrected chi connectivity index (χ3v) is 5.20. The van der Waals surface area contributed by atoms with Crippen LogP contribution >= 0.6 is 0 Å². The van der Waals surface area contributed by atoms with Crippen molar-refractivity contribution in [3.8, 4) is 0 Å². The van der Waals surface area contributed by atoms with Crippen LogP contribution in [0.3, 0.4) is 0 Å². The maximum atomic E-state index is 12.6. The number of amides is 1. The van der Waals surface area contributed by atoms with Crippen molar-refractivity contribution in [3.63, 3.8) is 0 Å². The molecule has 3 rings (SSSR count). The molecule has 1 aromatic carbocycles. The van der Waals surface area contributed by atoms with E-state index in [1.54, 1.807) is 0 Å². The van der Waals surface area contributed by atoms with Crippen LogP contribution < -0.4 is 11.1 Å². The Bertz CT molecular complexity index is 476. The van der Waals surface area contributed by atoms with Crippen molar-refractivity contribution in [1.82, 2.24) is 10.2 Å². The van der Waals surface area contributed by atoms with Gasteiger partial charge in [0.1, 0.15) is 0 Å². The summed E-state index contributed by atoms with van der Waals surface area (Å²) >= 11 is 0. The molecule has 4 heteroatoms. The quantitative estimate of drug-likeness (QED) is 0.881. The Morgan fingerprint density at radius 2 is 1.90 bits per heavy atom. The Morgan fingerprint density at radius 3 is 2.48 bits per heavy atom. The minimum absolute atomic E-state index is 0.0812. The molecular weight excluding hydrogens is 262 g/mol. The molecule has 1 unspecified atom stereocenters. The molecule has 3 atom stereocenters. The van der Waals surface area contributed by atoms with Crippen LogP contribution in [0.2, 0.25) is 0 Å². The number of benzene rings is 1. The number of nitrogens with two attached hydrogens (primary N) is 1. The first-order valence-electron chi connectivity index (χ1n) is 7.96. The van der Waals surface area contributed by atoms with Gasteiger partial charge in [-0.3, -0.25) is 4.79 Å². The van der Waals surface area contributed by atoms with E-state index < -0.39 is 0 Å². The number of nitrogens with zero attached hydrogens (tertiary/aromatic N) is 1. The van der Waals surface area contributed by atoms with Crippen molar-refractivity contribution in [3.05, 3.63) is 35.9 Å². The van der Waals surface area contributed by atoms with E-state index in [1.807, 2.05) is 30.3 Å². The normalized spacial score (nSPS) is 30.1. The summed E-state index contributed by atoms with van der Waals surface area (Å²) in [6.07, 6.45) is 4.69. The lowest BCUT2D eigenvalue weighted by Gasteiger charge is -2.37. The van der Waals surface area contributed by atoms with Crippen molar-refractivity contribution in [2.75, 3.05) is 13.6 Å². The summed E-state index contributed by atoms with van der Waals surface area (Å²) in [5, 5.41) is 3.24. The second-order valence-corrected chi connectivity index (χ2v) is 6.43. The van der Waals surface area contributed by atoms with E-state index in [0.717, 1.165) is 18.4 Å². The molecule has 0 aliphatic carbocycles. The zero-order valence-electron chi connectivity index (χ0n) is 12.7. The van der Waals surface area contributed by atoms with Gasteiger partial charge in [0.05, 0.1) is 5.92 Å². The highest BCUT2D eigenvalue weighted by atomic mass is 16.2. The molecule has 114 valence electrons. The second-order valence-electron chi connectivity index (χ2n) is 6.43. The van der Waals surface area contributed by atoms with Gasteiger partial charge in [-0.25, -0.2) is 0 Å². The van der Waals surface area contributed by atoms with Crippen LogP contribution in [0.5, 0.6) is 0 Å². The molecule has 2 heterocycles. The minimum atomic E-state index is -0.233. The van der Waals surface area contributed by atoms with Crippen LogP contribution in [0, 0.1) is 0 Å². The molecule has 3 N–H and O–H groups in total. The summed E-state index contributed by atoms with van der Waals surface area (Å²) < 4.78 is 0. The molecule has 2 aliphatic rings. The van der Waals surface area contributed by atoms with Crippen LogP contribution in [0.4, 0.5) is 0 Å². The second kappa shape index (κ2) is 6.16. The van der Waals surface area contributed by atoms with Crippen LogP contribution in [0.15, 0.2) is 30.3 Å². The number of rotatable bonds is 4. The van der Waals surface area contributed by atoms with Crippen LogP contribution in [-0.2, 0) is 4.79 Å². The largest absolute Gasteiger partial charge is 0.353 e. The molecule has 0 aromatic heterocycles. The lowest BCUT2D eigenvalue weighted by atomic mass is 9.94. The third-order valence-electron chi connectivity index (χ3n) is 5.20. The van der Waals surface area contributed by atoms with Gasteiger partial charge in [-0.1, -0.05) is 30.3 Å². The number of hydrogen-bond donors (Lipinski definition) is 2. The number of fused-ring (bicyclic) bond motifs is 2. The molecule has 1 aromatic rings. The van der Waals surface area contributed by atoms with Gasteiger partial charge in [-0.15, -0.1) is 0 Å². The van der Waals surface area contributed by atoms with Crippen molar-refractivity contribution >= 4 is 5.91 Å². The van der Waals surface area contributed by atoms with Crippen LogP contribution in [0.25, 0.3) is 0 Å². The fourth-order valence-electron chi connectivity index (χ4n) is 3.91. The monoisotopic (exact) mass is 287 g/mol. The first kappa shape index (κ1) is 14.5. The average Bonchev–Trinajstić information content (AvgIpc) is 2.72. The molecular formula is C17H25N3O. The van der Waals surface area contributed by atoms with Crippen molar-refractivity contribution in [2.45, 2.75) is 49.7 Å². The first-order chi connectivity index (χ1) is 10.2. The Hall–Kier alpha value is -1.39. The standard InChI is InChI=1S/C17H25N3O/c1-20-14-7-8-15(20)10-13(9-14)19-17(21)16(11-18)12-5-3-2-4-6-12/h2-6,13-16H,7-11,18H2,1H3,(H,19,21)/t14-,15-,16?/m0/s1. The number of carbonyl (C=O) groups is 1. The van der Waals surface area contributed by atoms with Crippen molar-refractivity contribution in [1.29, 1.82) is 0 Å². The van der Waals surface area contributed by atoms with Gasteiger partial charge in [-0.2, -0.15) is 0 Å². The predicted octanol–water partition coefficient (Wildman–Crippen LogP) is 1.47. The van der Waals surface area contributed by atoms with Gasteiger partial charge in [0.2, 0.25) is 5.91 Å². The fraction of sp³-hybridized carbons (Fsp3) is 0.588. The number of nitrogens with one attached hydrogen (secondary N) is 1. The van der Waals surface area contributed by atoms with E-state index in [4.69, 9.17) is 5.73 Å². The molecule has 2 bridgehead atoms. The van der Waals surface area contributed by atoms with E-state index in [0.29, 0.717) is 24.7 Å². The van der Waals surface area contributed by atoms with Crippen molar-refractivity contribution in [2.24, 2.45) is 5.73 Å². The van der Waals surface area contributed by atoms with E-state index >= 15 is 0 Å². The zero-order chi connectivity index (χ0) is 14.8. The summed E-state index contributed by atoms with van der Waals surface area (Å²) in [4.78, 5) is 15.0. The molecule has 4 nitrogen and oxygen atoms in total. The first-order valence-corrected chi connectivity index (χ1v) is 7.96. The number of piperidine rings is 1. The summed E-state index contributed by atoms with van der Waals surface area (Å²) in [6.45, 7) is 0.356. The molecule has 2 aliphatic heterocycles. The summed E-state index contributed by atoms with van der Waals surface area (Å²) in [5.41, 5.74) is 6.84. The third kappa shape index (κ3) is 2.97. The smallest absolute Gasteiger partial charge is 0.229 e. The molecule has 2 fully saturated rings. The fourth-order valence-corrected chi connectivity index (χ4v) is 3.91. The highest BCUT2D eigenvalue weighted by molar-refractivity contribution is 5.84. The Kier molecular flexibility index (Phi) is 4.27. The molecule has 0 spiro atoms. The van der Waals surface area contributed by atoms with Gasteiger partial charge < -0.3 is 16.0 Å². The Labute approximate surface area is 126 Å². The van der Waals surface area contributed by atoms with Gasteiger partial charge >= 0.3 is 0 Å². The highest BCUT2D eigenvalue weighted by Gasteiger charge is 2.39. The highest BCUT2D eigenvalue weighted by Crippen LogP contribution is 2.34. The summed E-state index contributed by atoms with van der Waals surface area (Å²) in [5.74, 6) is -0.152. The topological polar surface area (TPSA) is 58.4 Å². The Morgan fingerprint density at radius 1 is 1.29 bits per heavy atom. The van der Waals surface area contributed by atoms with E-state index in [9.17, 15) is 4.79 Å². The SMILES string of the molecule is CN1[C@H]2CC[C@H]1CC(NC(=O)C(CN)c1ccccc1)C2. The van der Waals surface area contributed by atoms with Gasteiger partial charge in [-0.05, 0) is 38.3 Å². The maximum absolute atomic E-state index is 12.6. The van der Waals surface area contributed by atoms with Gasteiger partial charge in [0.25, 0.3) is 0 Å². The average molecular weight is 287 g/mol. The molecule has 1 amide bonds. The predicted molar refractivity (Wildman–Crippen MR) is 84.0 cm³/mol. The van der Waals surface area contributed by atoms with Crippen LogP contribution in [0.1, 0.15) is 37.2 Å². The van der Waals surface area contributed by atoms with Crippen molar-refractivity contribution < 1.29 is 4.79 Å². The summed E-state index contributed by atoms with van der Waals surface area (Å²) in [6, 6.07) is 11.4. The molecule has 2 saturated heterocycles. The molecule has 0 saturated carbocycles. The number of hydrogen-bond acceptors (Lipinski definition) is 3. The maximum Gasteiger partial charge on any atom is 0.229 e. The Balaban J connectivity index is 1.63. The van der Waals surface area contributed by atoms with E-state index in [1.165, 1.54) is 12.8 Å². The minimum Gasteiger partial charge on any atom is -0.353 e. The van der Waals surface area contributed by atoms with Gasteiger partial charge in [0, 0.05) is 24.7 Å².